The molecule has 2 aromatic heterocycles. The van der Waals surface area contributed by atoms with Crippen LogP contribution in [0, 0.1) is 17.3 Å². The monoisotopic (exact) mass is 449 g/mol. The maximum Gasteiger partial charge on any atom is 0.122 e. The maximum atomic E-state index is 6.09. The van der Waals surface area contributed by atoms with E-state index in [1.165, 1.54) is 21.6 Å². The molecule has 3 rings (SSSR count). The van der Waals surface area contributed by atoms with Gasteiger partial charge in [-0.2, -0.15) is 11.3 Å². The molecule has 0 amide bonds. The minimum Gasteiger partial charge on any atom is -0.488 e. The molecular formula is C27H31NOS2. The molecule has 0 fully saturated rings. The smallest absolute Gasteiger partial charge is 0.122 e. The van der Waals surface area contributed by atoms with Crippen LogP contribution < -0.4 is 4.74 Å². The van der Waals surface area contributed by atoms with Crippen LogP contribution in [-0.4, -0.2) is 18.0 Å². The van der Waals surface area contributed by atoms with Crippen molar-refractivity contribution in [2.45, 2.75) is 40.8 Å². The molecule has 0 saturated heterocycles. The predicted molar refractivity (Wildman–Crippen MR) is 136 cm³/mol. The lowest BCUT2D eigenvalue weighted by Crippen LogP contribution is -2.22. The molecule has 0 bridgehead atoms. The van der Waals surface area contributed by atoms with Gasteiger partial charge in [0.1, 0.15) is 12.4 Å². The van der Waals surface area contributed by atoms with Gasteiger partial charge in [-0.05, 0) is 90.5 Å². The minimum atomic E-state index is 0.0454. The molecule has 0 radical (unpaired) electrons. The zero-order valence-corrected chi connectivity index (χ0v) is 20.5. The second-order valence-electron chi connectivity index (χ2n) is 8.50. The molecule has 0 aliphatic carbocycles. The Morgan fingerprint density at radius 1 is 1.10 bits per heavy atom. The minimum absolute atomic E-state index is 0.0454. The highest BCUT2D eigenvalue weighted by Crippen LogP contribution is 2.28. The summed E-state index contributed by atoms with van der Waals surface area (Å²) in [6.45, 7) is 11.9. The number of nitrogens with zero attached hydrogens (tertiary/aromatic N) is 1. The van der Waals surface area contributed by atoms with E-state index in [1.54, 1.807) is 22.7 Å². The Hall–Kier alpha value is -2.32. The topological polar surface area (TPSA) is 12.5 Å². The third-order valence-corrected chi connectivity index (χ3v) is 6.25. The van der Waals surface area contributed by atoms with E-state index in [0.717, 1.165) is 25.4 Å². The second-order valence-corrected chi connectivity index (χ2v) is 10.3. The Labute approximate surface area is 195 Å². The standard InChI is InChI=1S/C27H31NOS2/c1-5-28(14-8-6-7-13-27(2,3)4)18-22-10-9-11-25(16-22)29-19-26-17-24(21-31-26)23-12-15-30-20-23/h6,8-12,15-17,20-21H,5,14,18-19H2,1-4H3. The Kier molecular flexibility index (Phi) is 8.54. The fraction of sp³-hybridized carbons (Fsp3) is 0.333. The lowest BCUT2D eigenvalue weighted by molar-refractivity contribution is 0.301. The summed E-state index contributed by atoms with van der Waals surface area (Å²) in [6.07, 6.45) is 4.11. The van der Waals surface area contributed by atoms with Gasteiger partial charge in [-0.15, -0.1) is 11.3 Å². The summed E-state index contributed by atoms with van der Waals surface area (Å²) in [4.78, 5) is 3.63. The Bertz CT molecular complexity index is 1030. The van der Waals surface area contributed by atoms with Crippen molar-refractivity contribution in [1.29, 1.82) is 0 Å². The molecule has 0 unspecified atom stereocenters. The molecule has 0 aliphatic heterocycles. The van der Waals surface area contributed by atoms with Gasteiger partial charge in [-0.3, -0.25) is 4.90 Å². The number of ether oxygens (including phenoxy) is 1. The highest BCUT2D eigenvalue weighted by Gasteiger charge is 2.06. The van der Waals surface area contributed by atoms with Crippen molar-refractivity contribution in [2.24, 2.45) is 5.41 Å². The quantitative estimate of drug-likeness (QED) is 0.314. The molecular weight excluding hydrogens is 418 g/mol. The van der Waals surface area contributed by atoms with Crippen LogP contribution in [0.25, 0.3) is 11.1 Å². The van der Waals surface area contributed by atoms with Crippen molar-refractivity contribution < 1.29 is 4.74 Å². The van der Waals surface area contributed by atoms with Crippen LogP contribution in [0.1, 0.15) is 38.1 Å². The van der Waals surface area contributed by atoms with Crippen molar-refractivity contribution in [3.63, 3.8) is 0 Å². The fourth-order valence-corrected chi connectivity index (χ4v) is 4.48. The summed E-state index contributed by atoms with van der Waals surface area (Å²) in [7, 11) is 0. The highest BCUT2D eigenvalue weighted by atomic mass is 32.1. The van der Waals surface area contributed by atoms with E-state index in [1.807, 2.05) is 12.1 Å². The molecule has 0 atom stereocenters. The summed E-state index contributed by atoms with van der Waals surface area (Å²) in [5, 5.41) is 6.50. The van der Waals surface area contributed by atoms with E-state index >= 15 is 0 Å². The first-order valence-corrected chi connectivity index (χ1v) is 12.5. The summed E-state index contributed by atoms with van der Waals surface area (Å²) >= 11 is 3.48. The van der Waals surface area contributed by atoms with Crippen molar-refractivity contribution in [2.75, 3.05) is 13.1 Å². The van der Waals surface area contributed by atoms with E-state index in [-0.39, 0.29) is 5.41 Å². The van der Waals surface area contributed by atoms with Crippen LogP contribution in [0.15, 0.2) is 64.7 Å². The zero-order valence-electron chi connectivity index (χ0n) is 18.9. The predicted octanol–water partition coefficient (Wildman–Crippen LogP) is 7.48. The lowest BCUT2D eigenvalue weighted by atomic mass is 9.98. The number of likely N-dealkylation sites (N-methyl/N-ethyl adjacent to an activating group) is 1. The average Bonchev–Trinajstić information content (AvgIpc) is 3.42. The van der Waals surface area contributed by atoms with E-state index in [9.17, 15) is 0 Å². The first-order valence-electron chi connectivity index (χ1n) is 10.6. The van der Waals surface area contributed by atoms with Gasteiger partial charge in [0.15, 0.2) is 0 Å². The molecule has 2 heterocycles. The summed E-state index contributed by atoms with van der Waals surface area (Å²) in [5.41, 5.74) is 3.87. The highest BCUT2D eigenvalue weighted by molar-refractivity contribution is 7.10. The van der Waals surface area contributed by atoms with E-state index in [2.05, 4.69) is 97.0 Å². The van der Waals surface area contributed by atoms with Crippen molar-refractivity contribution >= 4 is 22.7 Å². The molecule has 4 heteroatoms. The second kappa shape index (κ2) is 11.3. The van der Waals surface area contributed by atoms with Gasteiger partial charge in [0.05, 0.1) is 0 Å². The van der Waals surface area contributed by atoms with Crippen LogP contribution in [0.4, 0.5) is 0 Å². The molecule has 1 aromatic carbocycles. The number of hydrogen-bond acceptors (Lipinski definition) is 4. The van der Waals surface area contributed by atoms with Crippen molar-refractivity contribution in [3.05, 3.63) is 75.1 Å². The Balaban J connectivity index is 1.53. The van der Waals surface area contributed by atoms with Crippen LogP contribution in [0.5, 0.6) is 5.75 Å². The van der Waals surface area contributed by atoms with Crippen LogP contribution >= 0.6 is 22.7 Å². The summed E-state index contributed by atoms with van der Waals surface area (Å²) in [6, 6.07) is 12.8. The van der Waals surface area contributed by atoms with Gasteiger partial charge < -0.3 is 4.74 Å². The SMILES string of the molecule is CCN(CC=CC#CC(C)(C)C)Cc1cccc(OCc2cc(-c3ccsc3)cs2)c1. The summed E-state index contributed by atoms with van der Waals surface area (Å²) < 4.78 is 6.09. The fourth-order valence-electron chi connectivity index (χ4n) is 3.01. The first-order chi connectivity index (χ1) is 14.9. The van der Waals surface area contributed by atoms with Gasteiger partial charge in [0.25, 0.3) is 0 Å². The van der Waals surface area contributed by atoms with Crippen molar-refractivity contribution in [1.82, 2.24) is 4.90 Å². The van der Waals surface area contributed by atoms with Crippen LogP contribution in [-0.2, 0) is 13.2 Å². The molecule has 3 aromatic rings. The van der Waals surface area contributed by atoms with Gasteiger partial charge in [-0.1, -0.05) is 37.0 Å². The molecule has 0 saturated carbocycles. The lowest BCUT2D eigenvalue weighted by Gasteiger charge is -2.18. The van der Waals surface area contributed by atoms with Crippen LogP contribution in [0.3, 0.4) is 0 Å². The molecule has 31 heavy (non-hydrogen) atoms. The third-order valence-electron chi connectivity index (χ3n) is 4.65. The largest absolute Gasteiger partial charge is 0.488 e. The van der Waals surface area contributed by atoms with Crippen LogP contribution in [0.2, 0.25) is 0 Å². The molecule has 2 nitrogen and oxygen atoms in total. The number of rotatable bonds is 9. The molecule has 0 aliphatic rings. The Morgan fingerprint density at radius 2 is 1.97 bits per heavy atom. The van der Waals surface area contributed by atoms with Gasteiger partial charge in [0, 0.05) is 23.4 Å². The Morgan fingerprint density at radius 3 is 2.71 bits per heavy atom. The molecule has 0 spiro atoms. The third kappa shape index (κ3) is 8.03. The maximum absolute atomic E-state index is 6.09. The first kappa shape index (κ1) is 23.3. The van der Waals surface area contributed by atoms with Gasteiger partial charge in [-0.25, -0.2) is 0 Å². The number of thiophene rings is 2. The van der Waals surface area contributed by atoms with Gasteiger partial charge in [0.2, 0.25) is 0 Å². The number of allylic oxidation sites excluding steroid dienone is 1. The zero-order chi connectivity index (χ0) is 22.1. The number of benzene rings is 1. The average molecular weight is 450 g/mol. The molecule has 162 valence electrons. The van der Waals surface area contributed by atoms with Gasteiger partial charge >= 0.3 is 0 Å². The van der Waals surface area contributed by atoms with E-state index in [0.29, 0.717) is 6.61 Å². The molecule has 0 N–H and O–H groups in total. The summed E-state index contributed by atoms with van der Waals surface area (Å²) in [5.74, 6) is 7.30. The number of hydrogen-bond donors (Lipinski definition) is 0. The van der Waals surface area contributed by atoms with E-state index in [4.69, 9.17) is 4.74 Å². The van der Waals surface area contributed by atoms with Crippen molar-refractivity contribution in [3.8, 4) is 28.7 Å². The normalized spacial score (nSPS) is 11.6. The van der Waals surface area contributed by atoms with E-state index < -0.39 is 0 Å².